The van der Waals surface area contributed by atoms with Gasteiger partial charge in [-0.3, -0.25) is 9.59 Å². The van der Waals surface area contributed by atoms with Crippen molar-refractivity contribution in [2.45, 2.75) is 39.5 Å². The van der Waals surface area contributed by atoms with Crippen LogP contribution in [-0.4, -0.2) is 11.6 Å². The molecule has 0 unspecified atom stereocenters. The standard InChI is InChI=1S/C19H22FNO2.ClH/c1-18-8-7-12-10(11(18)5-6-15(18)22)3-4-13-16(21)17(23)14(20)9-19(12,13)2;/h3-4,9-12H,5-8,21H2,1-2H3;1H/t10-,11-,12-,18-,19+;/m0./s1. The molecule has 0 spiro atoms. The molecule has 0 aromatic heterocycles. The minimum absolute atomic E-state index is 0. The lowest BCUT2D eigenvalue weighted by Crippen LogP contribution is -2.49. The first kappa shape index (κ1) is 17.4. The van der Waals surface area contributed by atoms with Crippen molar-refractivity contribution in [1.29, 1.82) is 0 Å². The van der Waals surface area contributed by atoms with Gasteiger partial charge in [0.25, 0.3) is 0 Å². The molecule has 0 aromatic carbocycles. The summed E-state index contributed by atoms with van der Waals surface area (Å²) in [5, 5.41) is 0. The highest BCUT2D eigenvalue weighted by Crippen LogP contribution is 2.62. The second-order valence-electron chi connectivity index (χ2n) is 8.00. The normalized spacial score (nSPS) is 43.6. The molecular formula is C19H23ClFNO2. The number of Topliss-reactive ketones (excluding diaryl/α,β-unsaturated/α-hetero) is 2. The van der Waals surface area contributed by atoms with Crippen LogP contribution in [0.2, 0.25) is 0 Å². The number of carbonyl (C=O) groups is 2. The summed E-state index contributed by atoms with van der Waals surface area (Å²) >= 11 is 0. The van der Waals surface area contributed by atoms with Crippen LogP contribution in [0.3, 0.4) is 0 Å². The van der Waals surface area contributed by atoms with Gasteiger partial charge in [-0.1, -0.05) is 26.0 Å². The minimum Gasteiger partial charge on any atom is -0.395 e. The number of nitrogens with two attached hydrogens (primary N) is 1. The van der Waals surface area contributed by atoms with Gasteiger partial charge in [0.15, 0.2) is 5.83 Å². The van der Waals surface area contributed by atoms with E-state index < -0.39 is 17.0 Å². The van der Waals surface area contributed by atoms with Crippen molar-refractivity contribution in [3.05, 3.63) is 35.3 Å². The molecule has 5 atom stereocenters. The Hall–Kier alpha value is -1.42. The summed E-state index contributed by atoms with van der Waals surface area (Å²) in [5.74, 6) is -0.293. The van der Waals surface area contributed by atoms with E-state index in [0.29, 0.717) is 18.1 Å². The lowest BCUT2D eigenvalue weighted by Gasteiger charge is -2.53. The first-order valence-electron chi connectivity index (χ1n) is 8.44. The Morgan fingerprint density at radius 2 is 1.92 bits per heavy atom. The van der Waals surface area contributed by atoms with Crippen LogP contribution in [0.25, 0.3) is 0 Å². The highest BCUT2D eigenvalue weighted by molar-refractivity contribution is 6.08. The molecule has 24 heavy (non-hydrogen) atoms. The summed E-state index contributed by atoms with van der Waals surface area (Å²) in [5.41, 5.74) is 5.94. The summed E-state index contributed by atoms with van der Waals surface area (Å²) in [6.45, 7) is 4.09. The summed E-state index contributed by atoms with van der Waals surface area (Å²) in [6, 6.07) is 0. The lowest BCUT2D eigenvalue weighted by molar-refractivity contribution is -0.130. The van der Waals surface area contributed by atoms with Gasteiger partial charge in [0.05, 0.1) is 5.70 Å². The van der Waals surface area contributed by atoms with E-state index in [1.165, 1.54) is 6.08 Å². The second-order valence-corrected chi connectivity index (χ2v) is 8.00. The van der Waals surface area contributed by atoms with Crippen molar-refractivity contribution >= 4 is 24.0 Å². The van der Waals surface area contributed by atoms with E-state index in [0.717, 1.165) is 24.8 Å². The number of ketones is 2. The molecule has 5 heteroatoms. The average Bonchev–Trinajstić information content (AvgIpc) is 2.80. The van der Waals surface area contributed by atoms with Gasteiger partial charge in [-0.15, -0.1) is 12.4 Å². The van der Waals surface area contributed by atoms with Crippen molar-refractivity contribution in [3.63, 3.8) is 0 Å². The fourth-order valence-electron chi connectivity index (χ4n) is 5.67. The molecule has 0 aliphatic heterocycles. The van der Waals surface area contributed by atoms with Crippen LogP contribution in [0.4, 0.5) is 4.39 Å². The number of rotatable bonds is 0. The zero-order valence-electron chi connectivity index (χ0n) is 14.0. The SMILES string of the molecule is C[C@]12C=C(F)C(=O)C(N)=C1C=C[C@@H]1[C@@H]2CC[C@]2(C)C(=O)CC[C@@H]12.Cl. The van der Waals surface area contributed by atoms with Gasteiger partial charge in [0.1, 0.15) is 5.78 Å². The van der Waals surface area contributed by atoms with E-state index in [1.807, 2.05) is 13.0 Å². The molecule has 130 valence electrons. The molecule has 0 radical (unpaired) electrons. The molecular weight excluding hydrogens is 329 g/mol. The minimum atomic E-state index is -0.737. The number of carbonyl (C=O) groups excluding carboxylic acids is 2. The van der Waals surface area contributed by atoms with Crippen molar-refractivity contribution in [3.8, 4) is 0 Å². The largest absolute Gasteiger partial charge is 0.395 e. The summed E-state index contributed by atoms with van der Waals surface area (Å²) < 4.78 is 14.1. The lowest BCUT2D eigenvalue weighted by atomic mass is 9.50. The quantitative estimate of drug-likeness (QED) is 0.724. The highest BCUT2D eigenvalue weighted by atomic mass is 35.5. The van der Waals surface area contributed by atoms with Crippen LogP contribution in [0, 0.1) is 28.6 Å². The zero-order chi connectivity index (χ0) is 16.6. The second kappa shape index (κ2) is 5.29. The highest BCUT2D eigenvalue weighted by Gasteiger charge is 2.58. The van der Waals surface area contributed by atoms with Crippen LogP contribution in [0.1, 0.15) is 39.5 Å². The molecule has 0 bridgehead atoms. The third-order valence-corrected chi connectivity index (χ3v) is 7.06. The number of hydrogen-bond donors (Lipinski definition) is 1. The Bertz CT molecular complexity index is 725. The molecule has 4 rings (SSSR count). The topological polar surface area (TPSA) is 60.2 Å². The Kier molecular flexibility index (Phi) is 3.83. The zero-order valence-corrected chi connectivity index (χ0v) is 14.8. The predicted octanol–water partition coefficient (Wildman–Crippen LogP) is 3.64. The monoisotopic (exact) mass is 351 g/mol. The first-order valence-corrected chi connectivity index (χ1v) is 8.44. The molecule has 0 heterocycles. The van der Waals surface area contributed by atoms with Crippen LogP contribution >= 0.6 is 12.4 Å². The predicted molar refractivity (Wildman–Crippen MR) is 92.0 cm³/mol. The number of fused-ring (bicyclic) bond motifs is 5. The Morgan fingerprint density at radius 1 is 1.21 bits per heavy atom. The molecule has 2 N–H and O–H groups in total. The van der Waals surface area contributed by atoms with Gasteiger partial charge in [-0.25, -0.2) is 4.39 Å². The van der Waals surface area contributed by atoms with Gasteiger partial charge in [0.2, 0.25) is 5.78 Å². The van der Waals surface area contributed by atoms with E-state index in [-0.39, 0.29) is 35.4 Å². The molecule has 2 fully saturated rings. The summed E-state index contributed by atoms with van der Waals surface area (Å²) in [4.78, 5) is 24.2. The van der Waals surface area contributed by atoms with E-state index in [4.69, 9.17) is 5.73 Å². The van der Waals surface area contributed by atoms with Gasteiger partial charge in [-0.05, 0) is 48.7 Å². The summed E-state index contributed by atoms with van der Waals surface area (Å²) in [7, 11) is 0. The van der Waals surface area contributed by atoms with E-state index in [9.17, 15) is 14.0 Å². The van der Waals surface area contributed by atoms with Crippen LogP contribution < -0.4 is 5.73 Å². The Balaban J connectivity index is 0.00000169. The molecule has 0 amide bonds. The third-order valence-electron chi connectivity index (χ3n) is 7.06. The number of halogens is 2. The van der Waals surface area contributed by atoms with E-state index in [1.54, 1.807) is 0 Å². The fraction of sp³-hybridized carbons (Fsp3) is 0.579. The molecule has 3 nitrogen and oxygen atoms in total. The molecule has 2 saturated carbocycles. The van der Waals surface area contributed by atoms with Crippen LogP contribution in [0.15, 0.2) is 35.3 Å². The van der Waals surface area contributed by atoms with Crippen molar-refractivity contribution in [2.24, 2.45) is 34.3 Å². The smallest absolute Gasteiger partial charge is 0.236 e. The van der Waals surface area contributed by atoms with Crippen molar-refractivity contribution in [2.75, 3.05) is 0 Å². The Morgan fingerprint density at radius 3 is 2.62 bits per heavy atom. The van der Waals surface area contributed by atoms with Crippen molar-refractivity contribution < 1.29 is 14.0 Å². The van der Waals surface area contributed by atoms with Gasteiger partial charge in [0, 0.05) is 17.3 Å². The van der Waals surface area contributed by atoms with Crippen molar-refractivity contribution in [1.82, 2.24) is 0 Å². The average molecular weight is 352 g/mol. The van der Waals surface area contributed by atoms with Crippen LogP contribution in [-0.2, 0) is 9.59 Å². The first-order chi connectivity index (χ1) is 10.8. The fourth-order valence-corrected chi connectivity index (χ4v) is 5.67. The maximum Gasteiger partial charge on any atom is 0.236 e. The molecule has 4 aliphatic carbocycles. The summed E-state index contributed by atoms with van der Waals surface area (Å²) in [6.07, 6.45) is 8.78. The van der Waals surface area contributed by atoms with Gasteiger partial charge in [-0.2, -0.15) is 0 Å². The Labute approximate surface area is 147 Å². The molecule has 4 aliphatic rings. The number of allylic oxidation sites excluding steroid dienone is 5. The van der Waals surface area contributed by atoms with Crippen LogP contribution in [0.5, 0.6) is 0 Å². The maximum absolute atomic E-state index is 14.1. The van der Waals surface area contributed by atoms with E-state index >= 15 is 0 Å². The van der Waals surface area contributed by atoms with Gasteiger partial charge < -0.3 is 5.73 Å². The van der Waals surface area contributed by atoms with Gasteiger partial charge >= 0.3 is 0 Å². The van der Waals surface area contributed by atoms with E-state index in [2.05, 4.69) is 13.0 Å². The maximum atomic E-state index is 14.1. The third kappa shape index (κ3) is 1.95. The molecule has 0 aromatic rings. The number of hydrogen-bond acceptors (Lipinski definition) is 3. The molecule has 0 saturated heterocycles.